The molecule has 3 rings (SSSR count). The van der Waals surface area contributed by atoms with Crippen LogP contribution in [0.15, 0.2) is 0 Å². The number of nitrogens with one attached hydrogen (secondary N) is 1. The third-order valence-electron chi connectivity index (χ3n) is 5.10. The summed E-state index contributed by atoms with van der Waals surface area (Å²) in [6, 6.07) is -1.05. The summed E-state index contributed by atoms with van der Waals surface area (Å²) < 4.78 is 4.75. The molecule has 1 N–H and O–H groups in total. The van der Waals surface area contributed by atoms with Gasteiger partial charge in [-0.1, -0.05) is 12.8 Å². The molecule has 0 spiro atoms. The fraction of sp³-hybridized carbons (Fsp3) is 0.500. The van der Waals surface area contributed by atoms with Crippen molar-refractivity contribution >= 4 is 46.1 Å². The molecule has 9 nitrogen and oxygen atoms in total. The van der Waals surface area contributed by atoms with Crippen LogP contribution in [0, 0.1) is 13.8 Å². The van der Waals surface area contributed by atoms with Crippen LogP contribution in [0.5, 0.6) is 0 Å². The molecule has 1 aliphatic carbocycles. The summed E-state index contributed by atoms with van der Waals surface area (Å²) in [5, 5.41) is 2.84. The number of aryl methyl sites for hydroxylation is 1. The van der Waals surface area contributed by atoms with Crippen molar-refractivity contribution in [2.24, 2.45) is 0 Å². The monoisotopic (exact) mass is 407 g/mol. The van der Waals surface area contributed by atoms with E-state index in [9.17, 15) is 24.0 Å². The van der Waals surface area contributed by atoms with E-state index in [1.807, 2.05) is 0 Å². The Labute approximate surface area is 165 Å². The van der Waals surface area contributed by atoms with Crippen LogP contribution in [0.2, 0.25) is 0 Å². The second kappa shape index (κ2) is 7.70. The van der Waals surface area contributed by atoms with E-state index in [2.05, 4.69) is 5.32 Å². The molecule has 1 aliphatic heterocycles. The van der Waals surface area contributed by atoms with Gasteiger partial charge in [-0.25, -0.2) is 14.5 Å². The van der Waals surface area contributed by atoms with Gasteiger partial charge in [0.2, 0.25) is 5.91 Å². The van der Waals surface area contributed by atoms with Gasteiger partial charge < -0.3 is 10.1 Å². The largest absolute Gasteiger partial charge is 0.465 e. The van der Waals surface area contributed by atoms with Crippen LogP contribution in [0.25, 0.3) is 0 Å². The molecule has 1 aromatic heterocycles. The van der Waals surface area contributed by atoms with Gasteiger partial charge in [0.15, 0.2) is 0 Å². The summed E-state index contributed by atoms with van der Waals surface area (Å²) >= 11 is 1.20. The highest BCUT2D eigenvalue weighted by Crippen LogP contribution is 2.33. The van der Waals surface area contributed by atoms with Gasteiger partial charge in [0.25, 0.3) is 0 Å². The average Bonchev–Trinajstić information content (AvgIpc) is 3.31. The first kappa shape index (κ1) is 20.0. The van der Waals surface area contributed by atoms with Gasteiger partial charge in [0.1, 0.15) is 11.5 Å². The number of rotatable bonds is 5. The molecule has 2 aliphatic rings. The second-order valence-corrected chi connectivity index (χ2v) is 8.04. The predicted octanol–water partition coefficient (Wildman–Crippen LogP) is 1.82. The number of ether oxygens (including phenoxy) is 1. The highest BCUT2D eigenvalue weighted by molar-refractivity contribution is 7.16. The maximum absolute atomic E-state index is 12.5. The van der Waals surface area contributed by atoms with E-state index >= 15 is 0 Å². The van der Waals surface area contributed by atoms with Gasteiger partial charge in [-0.3, -0.25) is 19.3 Å². The normalized spacial score (nSPS) is 17.6. The first-order valence-corrected chi connectivity index (χ1v) is 9.75. The van der Waals surface area contributed by atoms with Crippen LogP contribution in [-0.4, -0.2) is 59.2 Å². The highest BCUT2D eigenvalue weighted by Gasteiger charge is 2.48. The molecule has 0 radical (unpaired) electrons. The minimum Gasteiger partial charge on any atom is -0.465 e. The fourth-order valence-corrected chi connectivity index (χ4v) is 4.58. The number of esters is 1. The Bertz CT molecular complexity index is 871. The molecule has 0 aromatic carbocycles. The maximum atomic E-state index is 12.5. The van der Waals surface area contributed by atoms with Crippen LogP contribution in [-0.2, 0) is 19.1 Å². The van der Waals surface area contributed by atoms with Gasteiger partial charge in [-0.2, -0.15) is 0 Å². The molecule has 28 heavy (non-hydrogen) atoms. The van der Waals surface area contributed by atoms with Crippen molar-refractivity contribution < 1.29 is 28.7 Å². The maximum Gasteiger partial charge on any atom is 0.341 e. The number of methoxy groups -OCH3 is 1. The van der Waals surface area contributed by atoms with Crippen molar-refractivity contribution in [3.63, 3.8) is 0 Å². The number of amides is 5. The summed E-state index contributed by atoms with van der Waals surface area (Å²) in [6.45, 7) is 2.94. The lowest BCUT2D eigenvalue weighted by atomic mass is 10.1. The van der Waals surface area contributed by atoms with Crippen molar-refractivity contribution in [1.82, 2.24) is 9.80 Å². The first-order valence-electron chi connectivity index (χ1n) is 8.93. The predicted molar refractivity (Wildman–Crippen MR) is 100.0 cm³/mol. The van der Waals surface area contributed by atoms with Crippen LogP contribution in [0.3, 0.4) is 0 Å². The molecular weight excluding hydrogens is 386 g/mol. The minimum atomic E-state index is -1.00. The lowest BCUT2D eigenvalue weighted by Crippen LogP contribution is -2.41. The number of hydrogen-bond acceptors (Lipinski definition) is 7. The smallest absolute Gasteiger partial charge is 0.341 e. The minimum absolute atomic E-state index is 0.237. The zero-order valence-corrected chi connectivity index (χ0v) is 16.7. The van der Waals surface area contributed by atoms with Crippen molar-refractivity contribution in [3.05, 3.63) is 16.0 Å². The van der Waals surface area contributed by atoms with E-state index in [-0.39, 0.29) is 16.6 Å². The third kappa shape index (κ3) is 3.39. The summed E-state index contributed by atoms with van der Waals surface area (Å²) in [6.07, 6.45) is 3.12. The Morgan fingerprint density at radius 3 is 2.39 bits per heavy atom. The van der Waals surface area contributed by atoms with E-state index < -0.39 is 36.3 Å². The Morgan fingerprint density at radius 2 is 1.79 bits per heavy atom. The van der Waals surface area contributed by atoms with E-state index in [0.717, 1.165) is 22.6 Å². The molecule has 5 amide bonds. The second-order valence-electron chi connectivity index (χ2n) is 6.81. The van der Waals surface area contributed by atoms with E-state index in [0.29, 0.717) is 23.3 Å². The van der Waals surface area contributed by atoms with Gasteiger partial charge in [0, 0.05) is 10.9 Å². The average molecular weight is 407 g/mol. The molecular formula is C18H21N3O6S. The number of urea groups is 1. The molecule has 2 fully saturated rings. The lowest BCUT2D eigenvalue weighted by Gasteiger charge is -2.20. The fourth-order valence-electron chi connectivity index (χ4n) is 3.52. The van der Waals surface area contributed by atoms with Gasteiger partial charge in [-0.05, 0) is 32.3 Å². The molecule has 0 bridgehead atoms. The van der Waals surface area contributed by atoms with Crippen LogP contribution >= 0.6 is 11.3 Å². The van der Waals surface area contributed by atoms with Gasteiger partial charge in [0.05, 0.1) is 12.7 Å². The highest BCUT2D eigenvalue weighted by atomic mass is 32.1. The molecule has 0 unspecified atom stereocenters. The van der Waals surface area contributed by atoms with E-state index in [1.54, 1.807) is 13.8 Å². The first-order chi connectivity index (χ1) is 13.3. The number of hydrogen-bond donors (Lipinski definition) is 1. The third-order valence-corrected chi connectivity index (χ3v) is 6.23. The zero-order valence-electron chi connectivity index (χ0n) is 15.9. The van der Waals surface area contributed by atoms with Crippen molar-refractivity contribution in [2.45, 2.75) is 45.6 Å². The number of carbonyl (C=O) groups excluding carboxylic acids is 5. The Hall–Kier alpha value is -2.75. The van der Waals surface area contributed by atoms with Crippen molar-refractivity contribution in [2.75, 3.05) is 19.0 Å². The number of carbonyl (C=O) groups is 5. The molecule has 2 heterocycles. The summed E-state index contributed by atoms with van der Waals surface area (Å²) in [4.78, 5) is 63.9. The Kier molecular flexibility index (Phi) is 5.50. The zero-order chi connectivity index (χ0) is 20.6. The molecule has 10 heteroatoms. The van der Waals surface area contributed by atoms with Crippen LogP contribution < -0.4 is 5.32 Å². The Morgan fingerprint density at radius 1 is 1.14 bits per heavy atom. The number of nitrogens with zero attached hydrogens (tertiary/aromatic N) is 2. The quantitative estimate of drug-likeness (QED) is 0.453. The Balaban J connectivity index is 1.74. The van der Waals surface area contributed by atoms with Crippen LogP contribution in [0.4, 0.5) is 9.80 Å². The SMILES string of the molecule is COC(=O)c1c(NC(=O)CN2C(=O)C(=O)N(C3CCCC3)C2=O)sc(C)c1C. The number of thiophene rings is 1. The summed E-state index contributed by atoms with van der Waals surface area (Å²) in [5.41, 5.74) is 0.921. The van der Waals surface area contributed by atoms with Crippen molar-refractivity contribution in [1.29, 1.82) is 0 Å². The standard InChI is InChI=1S/C18H21N3O6S/c1-9-10(2)28-14(13(9)17(25)27-3)19-12(22)8-20-15(23)16(24)21(18(20)26)11-6-4-5-7-11/h11H,4-8H2,1-3H3,(H,19,22). The summed E-state index contributed by atoms with van der Waals surface area (Å²) in [7, 11) is 1.24. The molecule has 150 valence electrons. The summed E-state index contributed by atoms with van der Waals surface area (Å²) in [5.74, 6) is -3.15. The molecule has 1 saturated heterocycles. The van der Waals surface area contributed by atoms with E-state index in [1.165, 1.54) is 18.4 Å². The lowest BCUT2D eigenvalue weighted by molar-refractivity contribution is -0.144. The number of imide groups is 2. The number of anilines is 1. The van der Waals surface area contributed by atoms with Crippen LogP contribution in [0.1, 0.15) is 46.5 Å². The van der Waals surface area contributed by atoms with E-state index in [4.69, 9.17) is 4.74 Å². The molecule has 0 atom stereocenters. The van der Waals surface area contributed by atoms with Gasteiger partial charge in [-0.15, -0.1) is 11.3 Å². The topological polar surface area (TPSA) is 113 Å². The molecule has 1 saturated carbocycles. The van der Waals surface area contributed by atoms with Gasteiger partial charge >= 0.3 is 23.8 Å². The van der Waals surface area contributed by atoms with Crippen molar-refractivity contribution in [3.8, 4) is 0 Å². The molecule has 1 aromatic rings.